The van der Waals surface area contributed by atoms with E-state index in [1.807, 2.05) is 11.8 Å². The van der Waals surface area contributed by atoms with Crippen molar-refractivity contribution in [3.63, 3.8) is 0 Å². The minimum absolute atomic E-state index is 0.137. The first-order valence-electron chi connectivity index (χ1n) is 10.8. The summed E-state index contributed by atoms with van der Waals surface area (Å²) in [5.74, 6) is 0.745. The Kier molecular flexibility index (Phi) is 5.23. The first kappa shape index (κ1) is 21.0. The van der Waals surface area contributed by atoms with Gasteiger partial charge in [-0.05, 0) is 18.9 Å². The van der Waals surface area contributed by atoms with Crippen LogP contribution in [-0.2, 0) is 4.74 Å². The van der Waals surface area contributed by atoms with Crippen LogP contribution in [0.2, 0.25) is 0 Å². The summed E-state index contributed by atoms with van der Waals surface area (Å²) in [5, 5.41) is 0. The number of fused-ring (bicyclic) bond motifs is 2. The van der Waals surface area contributed by atoms with Crippen LogP contribution in [0.15, 0.2) is 18.3 Å². The van der Waals surface area contributed by atoms with E-state index < -0.39 is 12.3 Å². The Labute approximate surface area is 183 Å². The second kappa shape index (κ2) is 7.95. The predicted molar refractivity (Wildman–Crippen MR) is 113 cm³/mol. The molecule has 11 heteroatoms. The lowest BCUT2D eigenvalue weighted by molar-refractivity contribution is -0.0494. The van der Waals surface area contributed by atoms with Crippen LogP contribution < -0.4 is 20.3 Å². The molecule has 0 saturated carbocycles. The third-order valence-corrected chi connectivity index (χ3v) is 6.51. The number of anilines is 3. The molecule has 2 aromatic rings. The zero-order valence-corrected chi connectivity index (χ0v) is 17.7. The van der Waals surface area contributed by atoms with Crippen LogP contribution in [0.25, 0.3) is 11.3 Å². The van der Waals surface area contributed by atoms with E-state index in [0.717, 1.165) is 6.42 Å². The van der Waals surface area contributed by atoms with E-state index >= 15 is 0 Å². The summed E-state index contributed by atoms with van der Waals surface area (Å²) in [5.41, 5.74) is 5.35. The summed E-state index contributed by atoms with van der Waals surface area (Å²) >= 11 is 0. The van der Waals surface area contributed by atoms with Crippen molar-refractivity contribution in [2.45, 2.75) is 50.6 Å². The molecule has 5 rings (SSSR count). The van der Waals surface area contributed by atoms with Gasteiger partial charge in [0.2, 0.25) is 5.95 Å². The number of nitrogens with zero attached hydrogens (tertiary/aromatic N) is 5. The number of alkyl halides is 3. The molecule has 0 amide bonds. The van der Waals surface area contributed by atoms with E-state index in [-0.39, 0.29) is 30.3 Å². The fourth-order valence-electron chi connectivity index (χ4n) is 4.62. The molecule has 3 aliphatic heterocycles. The Bertz CT molecular complexity index is 1010. The van der Waals surface area contributed by atoms with E-state index in [0.29, 0.717) is 55.6 Å². The Morgan fingerprint density at radius 1 is 1.34 bits per heavy atom. The van der Waals surface area contributed by atoms with Crippen molar-refractivity contribution < 1.29 is 22.6 Å². The van der Waals surface area contributed by atoms with Gasteiger partial charge in [-0.3, -0.25) is 0 Å². The van der Waals surface area contributed by atoms with Gasteiger partial charge in [0.15, 0.2) is 11.6 Å². The van der Waals surface area contributed by atoms with Crippen LogP contribution in [-0.4, -0.2) is 65.6 Å². The summed E-state index contributed by atoms with van der Waals surface area (Å²) in [6, 6.07) is 3.40. The molecule has 3 atom stereocenters. The normalized spacial score (nSPS) is 27.0. The summed E-state index contributed by atoms with van der Waals surface area (Å²) in [4.78, 5) is 17.4. The molecule has 2 N–H and O–H groups in total. The molecule has 32 heavy (non-hydrogen) atoms. The van der Waals surface area contributed by atoms with Gasteiger partial charge in [0.25, 0.3) is 0 Å². The molecule has 3 fully saturated rings. The average Bonchev–Trinajstić information content (AvgIpc) is 3.51. The molecule has 3 saturated heterocycles. The Morgan fingerprint density at radius 3 is 2.84 bits per heavy atom. The lowest BCUT2D eigenvalue weighted by atomic mass is 10.0. The van der Waals surface area contributed by atoms with E-state index in [2.05, 4.69) is 19.6 Å². The van der Waals surface area contributed by atoms with Gasteiger partial charge in [-0.25, -0.2) is 14.4 Å². The third-order valence-electron chi connectivity index (χ3n) is 6.51. The molecular formula is C21H25F3N6O2. The molecule has 0 radical (unpaired) electrons. The van der Waals surface area contributed by atoms with Gasteiger partial charge in [-0.1, -0.05) is 6.92 Å². The molecule has 2 bridgehead atoms. The Morgan fingerprint density at radius 2 is 2.19 bits per heavy atom. The highest BCUT2D eigenvalue weighted by Gasteiger charge is 2.41. The molecular weight excluding hydrogens is 425 g/mol. The van der Waals surface area contributed by atoms with Crippen molar-refractivity contribution in [3.8, 4) is 17.0 Å². The average molecular weight is 450 g/mol. The molecule has 2 aromatic heterocycles. The fraction of sp³-hybridized carbons (Fsp3) is 0.571. The van der Waals surface area contributed by atoms with Gasteiger partial charge in [0, 0.05) is 37.3 Å². The molecule has 8 nitrogen and oxygen atoms in total. The second-order valence-electron chi connectivity index (χ2n) is 8.57. The Balaban J connectivity index is 1.54. The van der Waals surface area contributed by atoms with Crippen molar-refractivity contribution in [1.29, 1.82) is 0 Å². The predicted octanol–water partition coefficient (Wildman–Crippen LogP) is 3.03. The Hall–Kier alpha value is -2.82. The zero-order valence-electron chi connectivity index (χ0n) is 17.7. The van der Waals surface area contributed by atoms with Gasteiger partial charge in [0.05, 0.1) is 31.0 Å². The number of rotatable bonds is 6. The summed E-state index contributed by atoms with van der Waals surface area (Å²) < 4.78 is 50.7. The lowest BCUT2D eigenvalue weighted by Gasteiger charge is -2.29. The van der Waals surface area contributed by atoms with Crippen LogP contribution >= 0.6 is 0 Å². The molecule has 3 aliphatic rings. The highest BCUT2D eigenvalue weighted by Crippen LogP contribution is 2.37. The minimum atomic E-state index is -3.03. The molecule has 5 heterocycles. The van der Waals surface area contributed by atoms with Crippen molar-refractivity contribution in [3.05, 3.63) is 18.3 Å². The first-order valence-corrected chi connectivity index (χ1v) is 10.8. The second-order valence-corrected chi connectivity index (χ2v) is 8.57. The number of pyridine rings is 1. The summed E-state index contributed by atoms with van der Waals surface area (Å²) in [6.07, 6.45) is 3.37. The fourth-order valence-corrected chi connectivity index (χ4v) is 4.62. The van der Waals surface area contributed by atoms with E-state index in [9.17, 15) is 13.2 Å². The number of aromatic nitrogens is 3. The van der Waals surface area contributed by atoms with Crippen LogP contribution in [0.3, 0.4) is 0 Å². The molecule has 0 aromatic carbocycles. The van der Waals surface area contributed by atoms with Crippen LogP contribution in [0.5, 0.6) is 5.75 Å². The molecule has 0 spiro atoms. The van der Waals surface area contributed by atoms with E-state index in [4.69, 9.17) is 15.5 Å². The van der Waals surface area contributed by atoms with Crippen LogP contribution in [0.4, 0.5) is 30.8 Å². The summed E-state index contributed by atoms with van der Waals surface area (Å²) in [6.45, 7) is 0.855. The van der Waals surface area contributed by atoms with Gasteiger partial charge >= 0.3 is 6.61 Å². The van der Waals surface area contributed by atoms with E-state index in [1.54, 1.807) is 6.07 Å². The maximum Gasteiger partial charge on any atom is 0.387 e. The maximum atomic E-state index is 14.9. The van der Waals surface area contributed by atoms with Crippen molar-refractivity contribution in [2.24, 2.45) is 0 Å². The zero-order chi connectivity index (χ0) is 22.5. The third kappa shape index (κ3) is 3.89. The van der Waals surface area contributed by atoms with E-state index in [1.165, 1.54) is 12.3 Å². The number of nitrogen functional groups attached to an aromatic ring is 1. The van der Waals surface area contributed by atoms with Crippen LogP contribution in [0.1, 0.15) is 26.2 Å². The molecule has 0 aliphatic carbocycles. The van der Waals surface area contributed by atoms with Gasteiger partial charge in [-0.15, -0.1) is 0 Å². The molecule has 3 unspecified atom stereocenters. The van der Waals surface area contributed by atoms with Gasteiger partial charge in [0.1, 0.15) is 11.5 Å². The van der Waals surface area contributed by atoms with Crippen molar-refractivity contribution in [2.75, 3.05) is 41.8 Å². The standard InChI is InChI=1S/C21H25F3N6O2/c1-2-21(24)3-4-29(11-21)20-27-15(12-5-16(32-19(22)23)18(25)26-8-12)7-17(28-20)30-9-14-6-13(30)10-31-14/h5,7-8,13-14,19H,2-4,6,9-11H2,1H3,(H2,25,26). The number of halogens is 3. The monoisotopic (exact) mass is 450 g/mol. The molecule has 172 valence electrons. The lowest BCUT2D eigenvalue weighted by Crippen LogP contribution is -2.38. The maximum absolute atomic E-state index is 14.9. The van der Waals surface area contributed by atoms with Crippen molar-refractivity contribution >= 4 is 17.6 Å². The van der Waals surface area contributed by atoms with Gasteiger partial charge < -0.3 is 25.0 Å². The van der Waals surface area contributed by atoms with Crippen LogP contribution in [0, 0.1) is 0 Å². The highest BCUT2D eigenvalue weighted by atomic mass is 19.3. The topological polar surface area (TPSA) is 89.6 Å². The van der Waals surface area contributed by atoms with Crippen molar-refractivity contribution in [1.82, 2.24) is 15.0 Å². The number of hydrogen-bond donors (Lipinski definition) is 1. The number of ether oxygens (including phenoxy) is 2. The highest BCUT2D eigenvalue weighted by molar-refractivity contribution is 5.68. The SMILES string of the molecule is CCC1(F)CCN(c2nc(-c3cnc(N)c(OC(F)F)c3)cc(N3CC4CC3CO4)n2)C1. The van der Waals surface area contributed by atoms with Gasteiger partial charge in [-0.2, -0.15) is 13.8 Å². The minimum Gasteiger partial charge on any atom is -0.431 e. The number of hydrogen-bond acceptors (Lipinski definition) is 8. The quantitative estimate of drug-likeness (QED) is 0.719. The smallest absolute Gasteiger partial charge is 0.387 e. The number of nitrogens with two attached hydrogens (primary N) is 1. The largest absolute Gasteiger partial charge is 0.431 e. The number of morpholine rings is 1. The summed E-state index contributed by atoms with van der Waals surface area (Å²) in [7, 11) is 0. The first-order chi connectivity index (χ1) is 15.3.